The van der Waals surface area contributed by atoms with Crippen LogP contribution in [0.4, 0.5) is 19.1 Å². The van der Waals surface area contributed by atoms with E-state index in [0.29, 0.717) is 39.3 Å². The van der Waals surface area contributed by atoms with Gasteiger partial charge in [-0.1, -0.05) is 51.3 Å². The average Bonchev–Trinajstić information content (AvgIpc) is 3.09. The van der Waals surface area contributed by atoms with Crippen LogP contribution in [-0.4, -0.2) is 22.3 Å². The van der Waals surface area contributed by atoms with Crippen LogP contribution in [0.3, 0.4) is 0 Å². The van der Waals surface area contributed by atoms with Gasteiger partial charge in [-0.05, 0) is 54.1 Å². The Bertz CT molecular complexity index is 1240. The summed E-state index contributed by atoms with van der Waals surface area (Å²) < 4.78 is 44.9. The van der Waals surface area contributed by atoms with Crippen molar-refractivity contribution < 1.29 is 17.9 Å². The van der Waals surface area contributed by atoms with Crippen molar-refractivity contribution >= 4 is 56.1 Å². The molecule has 0 aliphatic heterocycles. The number of hydrogen-bond acceptors (Lipinski definition) is 3. The first-order valence-corrected chi connectivity index (χ1v) is 10.9. The van der Waals surface area contributed by atoms with E-state index in [2.05, 4.69) is 26.2 Å². The second-order valence-electron chi connectivity index (χ2n) is 6.90. The summed E-state index contributed by atoms with van der Waals surface area (Å²) in [5.41, 5.74) is 3.03. The van der Waals surface area contributed by atoms with E-state index in [4.69, 9.17) is 27.9 Å². The minimum atomic E-state index is -4.40. The first-order valence-electron chi connectivity index (χ1n) is 9.35. The fourth-order valence-electron chi connectivity index (χ4n) is 3.09. The maximum atomic E-state index is 12.4. The summed E-state index contributed by atoms with van der Waals surface area (Å²) in [6.07, 6.45) is -4.40. The summed E-state index contributed by atoms with van der Waals surface area (Å²) in [5.74, 6) is 0.645. The molecule has 1 N–H and O–H groups in total. The third kappa shape index (κ3) is 5.31. The third-order valence-corrected chi connectivity index (χ3v) is 5.81. The standard InChI is InChI=1S/C22H15BrCl2F3N3O/c23-14-3-1-13(2-4-14)11-29-21-30-19-9-17(24)18(25)10-20(19)31(21)15-5-7-16(8-6-15)32-12-22(26,27)28/h1-10H,11-12H2,(H,29,30). The second kappa shape index (κ2) is 9.21. The molecule has 0 unspecified atom stereocenters. The van der Waals surface area contributed by atoms with Crippen LogP contribution in [0.25, 0.3) is 16.7 Å². The van der Waals surface area contributed by atoms with Crippen molar-refractivity contribution in [3.8, 4) is 11.4 Å². The molecule has 1 heterocycles. The Balaban J connectivity index is 1.68. The lowest BCUT2D eigenvalue weighted by Gasteiger charge is -2.13. The molecule has 1 aromatic heterocycles. The van der Waals surface area contributed by atoms with Crippen molar-refractivity contribution in [2.24, 2.45) is 0 Å². The molecule has 0 saturated heterocycles. The quantitative estimate of drug-likeness (QED) is 0.271. The molecule has 32 heavy (non-hydrogen) atoms. The van der Waals surface area contributed by atoms with E-state index in [1.54, 1.807) is 24.3 Å². The predicted molar refractivity (Wildman–Crippen MR) is 124 cm³/mol. The molecule has 166 valence electrons. The topological polar surface area (TPSA) is 39.1 Å². The summed E-state index contributed by atoms with van der Waals surface area (Å²) in [6, 6.07) is 17.5. The van der Waals surface area contributed by atoms with Gasteiger partial charge >= 0.3 is 6.18 Å². The van der Waals surface area contributed by atoms with Crippen molar-refractivity contribution in [1.82, 2.24) is 9.55 Å². The predicted octanol–water partition coefficient (Wildman–Crippen LogP) is 7.65. The van der Waals surface area contributed by atoms with Gasteiger partial charge in [0.1, 0.15) is 5.75 Å². The SMILES string of the molecule is FC(F)(F)COc1ccc(-n2c(NCc3ccc(Br)cc3)nc3cc(Cl)c(Cl)cc32)cc1. The van der Waals surface area contributed by atoms with E-state index in [1.165, 1.54) is 12.1 Å². The Morgan fingerprint density at radius 3 is 2.28 bits per heavy atom. The Morgan fingerprint density at radius 2 is 1.62 bits per heavy atom. The van der Waals surface area contributed by atoms with E-state index in [0.717, 1.165) is 10.0 Å². The summed E-state index contributed by atoms with van der Waals surface area (Å²) >= 11 is 15.8. The zero-order chi connectivity index (χ0) is 22.9. The van der Waals surface area contributed by atoms with E-state index < -0.39 is 12.8 Å². The lowest BCUT2D eigenvalue weighted by atomic mass is 10.2. The number of ether oxygens (including phenoxy) is 1. The first-order chi connectivity index (χ1) is 15.2. The number of fused-ring (bicyclic) bond motifs is 1. The molecule has 0 bridgehead atoms. The van der Waals surface area contributed by atoms with Gasteiger partial charge in [-0.25, -0.2) is 4.98 Å². The molecule has 0 saturated carbocycles. The van der Waals surface area contributed by atoms with Gasteiger partial charge in [-0.3, -0.25) is 4.57 Å². The van der Waals surface area contributed by atoms with Crippen molar-refractivity contribution in [3.05, 3.63) is 80.7 Å². The normalized spacial score (nSPS) is 11.7. The fraction of sp³-hybridized carbons (Fsp3) is 0.136. The van der Waals surface area contributed by atoms with Gasteiger partial charge in [0.25, 0.3) is 0 Å². The summed E-state index contributed by atoms with van der Waals surface area (Å²) in [5, 5.41) is 4.05. The molecule has 4 rings (SSSR count). The average molecular weight is 545 g/mol. The van der Waals surface area contributed by atoms with Crippen LogP contribution in [-0.2, 0) is 6.54 Å². The van der Waals surface area contributed by atoms with Gasteiger partial charge in [0.05, 0.1) is 21.1 Å². The largest absolute Gasteiger partial charge is 0.484 e. The fourth-order valence-corrected chi connectivity index (χ4v) is 3.67. The Morgan fingerprint density at radius 1 is 0.969 bits per heavy atom. The first kappa shape index (κ1) is 22.8. The molecule has 10 heteroatoms. The highest BCUT2D eigenvalue weighted by atomic mass is 79.9. The number of imidazole rings is 1. The number of benzene rings is 3. The van der Waals surface area contributed by atoms with Crippen LogP contribution in [0, 0.1) is 0 Å². The van der Waals surface area contributed by atoms with E-state index >= 15 is 0 Å². The van der Waals surface area contributed by atoms with Crippen LogP contribution in [0.5, 0.6) is 5.75 Å². The molecule has 0 spiro atoms. The van der Waals surface area contributed by atoms with Gasteiger partial charge in [-0.15, -0.1) is 0 Å². The number of anilines is 1. The Kier molecular flexibility index (Phi) is 6.55. The van der Waals surface area contributed by atoms with Gasteiger partial charge in [0.2, 0.25) is 5.95 Å². The maximum Gasteiger partial charge on any atom is 0.422 e. The molecule has 0 aliphatic rings. The third-order valence-electron chi connectivity index (χ3n) is 4.56. The number of nitrogens with zero attached hydrogens (tertiary/aromatic N) is 2. The molecular weight excluding hydrogens is 530 g/mol. The second-order valence-corrected chi connectivity index (χ2v) is 8.63. The van der Waals surface area contributed by atoms with Crippen LogP contribution >= 0.6 is 39.1 Å². The molecule has 0 fully saturated rings. The van der Waals surface area contributed by atoms with Gasteiger partial charge in [0.15, 0.2) is 6.61 Å². The van der Waals surface area contributed by atoms with Crippen LogP contribution in [0.1, 0.15) is 5.56 Å². The summed E-state index contributed by atoms with van der Waals surface area (Å²) in [4.78, 5) is 4.63. The van der Waals surface area contributed by atoms with Gasteiger partial charge < -0.3 is 10.1 Å². The van der Waals surface area contributed by atoms with Crippen LogP contribution in [0.15, 0.2) is 65.1 Å². The molecule has 4 nitrogen and oxygen atoms in total. The number of nitrogens with one attached hydrogen (secondary N) is 1. The van der Waals surface area contributed by atoms with Gasteiger partial charge in [-0.2, -0.15) is 13.2 Å². The molecule has 0 atom stereocenters. The van der Waals surface area contributed by atoms with E-state index in [1.807, 2.05) is 28.8 Å². The number of halogens is 6. The van der Waals surface area contributed by atoms with Crippen molar-refractivity contribution in [2.75, 3.05) is 11.9 Å². The minimum Gasteiger partial charge on any atom is -0.484 e. The molecule has 4 aromatic rings. The molecule has 0 amide bonds. The molecule has 3 aromatic carbocycles. The van der Waals surface area contributed by atoms with E-state index in [-0.39, 0.29) is 5.75 Å². The Hall–Kier alpha value is -2.42. The number of hydrogen-bond donors (Lipinski definition) is 1. The van der Waals surface area contributed by atoms with Crippen molar-refractivity contribution in [3.63, 3.8) is 0 Å². The summed E-state index contributed by atoms with van der Waals surface area (Å²) in [7, 11) is 0. The van der Waals surface area contributed by atoms with Crippen LogP contribution < -0.4 is 10.1 Å². The van der Waals surface area contributed by atoms with Crippen LogP contribution in [0.2, 0.25) is 10.0 Å². The molecule has 0 radical (unpaired) electrons. The highest BCUT2D eigenvalue weighted by Gasteiger charge is 2.28. The van der Waals surface area contributed by atoms with Crippen molar-refractivity contribution in [2.45, 2.75) is 12.7 Å². The zero-order valence-electron chi connectivity index (χ0n) is 16.3. The van der Waals surface area contributed by atoms with E-state index in [9.17, 15) is 13.2 Å². The lowest BCUT2D eigenvalue weighted by Crippen LogP contribution is -2.19. The van der Waals surface area contributed by atoms with Gasteiger partial charge in [0, 0.05) is 16.7 Å². The summed E-state index contributed by atoms with van der Waals surface area (Å²) in [6.45, 7) is -0.848. The minimum absolute atomic E-state index is 0.112. The highest BCUT2D eigenvalue weighted by Crippen LogP contribution is 2.32. The monoisotopic (exact) mass is 543 g/mol. The number of rotatable bonds is 6. The maximum absolute atomic E-state index is 12.4. The van der Waals surface area contributed by atoms with Crippen molar-refractivity contribution in [1.29, 1.82) is 0 Å². The lowest BCUT2D eigenvalue weighted by molar-refractivity contribution is -0.153. The smallest absolute Gasteiger partial charge is 0.422 e. The number of alkyl halides is 3. The number of aromatic nitrogens is 2. The highest BCUT2D eigenvalue weighted by molar-refractivity contribution is 9.10. The molecular formula is C22H15BrCl2F3N3O. The molecule has 0 aliphatic carbocycles. The Labute approximate surface area is 200 Å². The zero-order valence-corrected chi connectivity index (χ0v) is 19.4.